The van der Waals surface area contributed by atoms with Crippen molar-refractivity contribution < 1.29 is 19.8 Å². The van der Waals surface area contributed by atoms with Gasteiger partial charge in [-0.1, -0.05) is 11.6 Å². The minimum Gasteiger partial charge on any atom is -0.387 e. The van der Waals surface area contributed by atoms with Gasteiger partial charge in [0, 0.05) is 0 Å². The SMILES string of the molecule is NOC[C@H]1O[C@@H](n2cnc3c(Cl)ncnc32)[C@H](O)[C@@H]1O. The Kier molecular flexibility index (Phi) is 3.54. The van der Waals surface area contributed by atoms with E-state index < -0.39 is 24.5 Å². The standard InChI is InChI=1S/C10H12ClN5O4/c11-8-5-9(14-2-13-8)16(3-15-5)10-7(18)6(17)4(20-10)1-19-12/h2-4,6-7,10,17-18H,1,12H2/t4-,6-,7-,10-/m1/s1. The van der Waals surface area contributed by atoms with Crippen LogP contribution in [0.25, 0.3) is 11.2 Å². The molecule has 0 saturated carbocycles. The monoisotopic (exact) mass is 301 g/mol. The molecule has 1 aliphatic heterocycles. The third kappa shape index (κ3) is 2.04. The highest BCUT2D eigenvalue weighted by Gasteiger charge is 2.44. The van der Waals surface area contributed by atoms with Gasteiger partial charge < -0.3 is 19.8 Å². The first-order chi connectivity index (χ1) is 9.63. The van der Waals surface area contributed by atoms with Crippen LogP contribution < -0.4 is 5.90 Å². The molecule has 0 aliphatic carbocycles. The first kappa shape index (κ1) is 13.6. The molecule has 4 N–H and O–H groups in total. The number of aromatic nitrogens is 4. The van der Waals surface area contributed by atoms with Crippen molar-refractivity contribution in [1.29, 1.82) is 0 Å². The molecule has 2 aromatic rings. The lowest BCUT2D eigenvalue weighted by molar-refractivity contribution is -0.0660. The summed E-state index contributed by atoms with van der Waals surface area (Å²) in [4.78, 5) is 16.4. The lowest BCUT2D eigenvalue weighted by Crippen LogP contribution is -2.34. The van der Waals surface area contributed by atoms with Crippen molar-refractivity contribution in [3.63, 3.8) is 0 Å². The molecule has 0 amide bonds. The van der Waals surface area contributed by atoms with Crippen LogP contribution in [0.3, 0.4) is 0 Å². The molecule has 0 bridgehead atoms. The normalized spacial score (nSPS) is 30.2. The molecule has 20 heavy (non-hydrogen) atoms. The highest BCUT2D eigenvalue weighted by atomic mass is 35.5. The first-order valence-corrected chi connectivity index (χ1v) is 6.17. The Morgan fingerprint density at radius 1 is 1.35 bits per heavy atom. The lowest BCUT2D eigenvalue weighted by atomic mass is 10.1. The van der Waals surface area contributed by atoms with Crippen LogP contribution in [-0.4, -0.2) is 54.7 Å². The maximum Gasteiger partial charge on any atom is 0.167 e. The number of imidazole rings is 1. The van der Waals surface area contributed by atoms with Gasteiger partial charge in [-0.3, -0.25) is 4.57 Å². The van der Waals surface area contributed by atoms with Crippen molar-refractivity contribution in [3.05, 3.63) is 17.8 Å². The predicted octanol–water partition coefficient (Wildman–Crippen LogP) is -1.01. The Labute approximate surface area is 117 Å². The van der Waals surface area contributed by atoms with Crippen molar-refractivity contribution >= 4 is 22.8 Å². The molecule has 9 nitrogen and oxygen atoms in total. The number of aliphatic hydroxyl groups excluding tert-OH is 2. The molecule has 1 fully saturated rings. The van der Waals surface area contributed by atoms with Gasteiger partial charge in [-0.05, 0) is 0 Å². The molecular formula is C10H12ClN5O4. The molecule has 0 unspecified atom stereocenters. The van der Waals surface area contributed by atoms with Crippen molar-refractivity contribution in [1.82, 2.24) is 19.5 Å². The number of ether oxygens (including phenoxy) is 1. The topological polar surface area (TPSA) is 129 Å². The summed E-state index contributed by atoms with van der Waals surface area (Å²) < 4.78 is 7.01. The molecule has 2 aromatic heterocycles. The van der Waals surface area contributed by atoms with Crippen LogP contribution in [0.5, 0.6) is 0 Å². The molecule has 3 heterocycles. The smallest absolute Gasteiger partial charge is 0.167 e. The van der Waals surface area contributed by atoms with Gasteiger partial charge in [-0.15, -0.1) is 0 Å². The van der Waals surface area contributed by atoms with Crippen molar-refractivity contribution in [2.75, 3.05) is 6.61 Å². The third-order valence-corrected chi connectivity index (χ3v) is 3.46. The van der Waals surface area contributed by atoms with Crippen molar-refractivity contribution in [2.24, 2.45) is 5.90 Å². The molecule has 0 radical (unpaired) electrons. The van der Waals surface area contributed by atoms with Crippen LogP contribution in [-0.2, 0) is 9.57 Å². The van der Waals surface area contributed by atoms with Crippen LogP contribution in [0.15, 0.2) is 12.7 Å². The average molecular weight is 302 g/mol. The number of nitrogens with two attached hydrogens (primary N) is 1. The number of fused-ring (bicyclic) bond motifs is 1. The molecule has 0 aromatic carbocycles. The van der Waals surface area contributed by atoms with E-state index in [0.29, 0.717) is 11.2 Å². The number of nitrogens with zero attached hydrogens (tertiary/aromatic N) is 4. The van der Waals surface area contributed by atoms with Gasteiger partial charge in [0.15, 0.2) is 17.0 Å². The summed E-state index contributed by atoms with van der Waals surface area (Å²) in [5.41, 5.74) is 0.786. The molecule has 108 valence electrons. The summed E-state index contributed by atoms with van der Waals surface area (Å²) in [7, 11) is 0. The fourth-order valence-corrected chi connectivity index (χ4v) is 2.38. The van der Waals surface area contributed by atoms with Gasteiger partial charge in [0.05, 0.1) is 12.9 Å². The number of hydrogen-bond donors (Lipinski definition) is 3. The summed E-state index contributed by atoms with van der Waals surface area (Å²) in [5, 5.41) is 20.1. The van der Waals surface area contributed by atoms with E-state index in [4.69, 9.17) is 22.2 Å². The molecular weight excluding hydrogens is 290 g/mol. The molecule has 1 saturated heterocycles. The maximum atomic E-state index is 10.1. The molecule has 1 aliphatic rings. The summed E-state index contributed by atoms with van der Waals surface area (Å²) >= 11 is 5.90. The fourth-order valence-electron chi connectivity index (χ4n) is 2.20. The molecule has 3 rings (SSSR count). The van der Waals surface area contributed by atoms with Crippen molar-refractivity contribution in [2.45, 2.75) is 24.5 Å². The van der Waals surface area contributed by atoms with Crippen LogP contribution in [0.1, 0.15) is 6.23 Å². The van der Waals surface area contributed by atoms with E-state index in [1.165, 1.54) is 17.2 Å². The Morgan fingerprint density at radius 2 is 2.15 bits per heavy atom. The van der Waals surface area contributed by atoms with E-state index in [1.54, 1.807) is 0 Å². The van der Waals surface area contributed by atoms with Crippen LogP contribution >= 0.6 is 11.6 Å². The highest BCUT2D eigenvalue weighted by molar-refractivity contribution is 6.33. The van der Waals surface area contributed by atoms with E-state index in [9.17, 15) is 10.2 Å². The lowest BCUT2D eigenvalue weighted by Gasteiger charge is -2.16. The summed E-state index contributed by atoms with van der Waals surface area (Å²) in [6.45, 7) is -0.0445. The Bertz CT molecular complexity index is 623. The number of rotatable bonds is 3. The summed E-state index contributed by atoms with van der Waals surface area (Å²) in [5.74, 6) is 4.96. The van der Waals surface area contributed by atoms with Gasteiger partial charge in [-0.2, -0.15) is 0 Å². The Balaban J connectivity index is 1.97. The predicted molar refractivity (Wildman–Crippen MR) is 66.4 cm³/mol. The zero-order valence-electron chi connectivity index (χ0n) is 10.1. The molecule has 10 heteroatoms. The first-order valence-electron chi connectivity index (χ1n) is 5.79. The van der Waals surface area contributed by atoms with Crippen LogP contribution in [0, 0.1) is 0 Å². The molecule has 0 spiro atoms. The zero-order chi connectivity index (χ0) is 14.3. The van der Waals surface area contributed by atoms with Gasteiger partial charge in [0.2, 0.25) is 0 Å². The quantitative estimate of drug-likeness (QED) is 0.486. The van der Waals surface area contributed by atoms with E-state index in [-0.39, 0.29) is 11.8 Å². The average Bonchev–Trinajstić information content (AvgIpc) is 2.97. The largest absolute Gasteiger partial charge is 0.387 e. The fraction of sp³-hybridized carbons (Fsp3) is 0.500. The maximum absolute atomic E-state index is 10.1. The minimum absolute atomic E-state index is 0.0445. The van der Waals surface area contributed by atoms with E-state index in [2.05, 4.69) is 19.8 Å². The van der Waals surface area contributed by atoms with Crippen molar-refractivity contribution in [3.8, 4) is 0 Å². The number of hydrogen-bond acceptors (Lipinski definition) is 8. The highest BCUT2D eigenvalue weighted by Crippen LogP contribution is 2.32. The van der Waals surface area contributed by atoms with Crippen LogP contribution in [0.2, 0.25) is 5.15 Å². The Morgan fingerprint density at radius 3 is 2.90 bits per heavy atom. The number of aliphatic hydroxyl groups is 2. The second-order valence-electron chi connectivity index (χ2n) is 4.37. The second kappa shape index (κ2) is 5.20. The van der Waals surface area contributed by atoms with E-state index in [1.807, 2.05) is 0 Å². The van der Waals surface area contributed by atoms with Crippen LogP contribution in [0.4, 0.5) is 0 Å². The second-order valence-corrected chi connectivity index (χ2v) is 4.73. The van der Waals surface area contributed by atoms with Gasteiger partial charge in [0.1, 0.15) is 30.2 Å². The van der Waals surface area contributed by atoms with E-state index >= 15 is 0 Å². The van der Waals surface area contributed by atoms with Gasteiger partial charge in [0.25, 0.3) is 0 Å². The summed E-state index contributed by atoms with van der Waals surface area (Å²) in [6, 6.07) is 0. The Hall–Kier alpha value is -1.36. The third-order valence-electron chi connectivity index (χ3n) is 3.19. The summed E-state index contributed by atoms with van der Waals surface area (Å²) in [6.07, 6.45) is -1.20. The molecule has 4 atom stereocenters. The van der Waals surface area contributed by atoms with Gasteiger partial charge in [-0.25, -0.2) is 20.8 Å². The minimum atomic E-state index is -1.17. The number of halogens is 1. The van der Waals surface area contributed by atoms with Gasteiger partial charge >= 0.3 is 0 Å². The zero-order valence-corrected chi connectivity index (χ0v) is 10.9. The van der Waals surface area contributed by atoms with E-state index in [0.717, 1.165) is 0 Å².